The van der Waals surface area contributed by atoms with E-state index in [-0.39, 0.29) is 0 Å². The van der Waals surface area contributed by atoms with Crippen LogP contribution in [0, 0.1) is 0 Å². The van der Waals surface area contributed by atoms with Crippen LogP contribution in [0.1, 0.15) is 24.0 Å². The Kier molecular flexibility index (Phi) is 3.51. The summed E-state index contributed by atoms with van der Waals surface area (Å²) in [6, 6.07) is 19.7. The maximum atomic E-state index is 5.86. The van der Waals surface area contributed by atoms with E-state index in [1.165, 1.54) is 24.0 Å². The van der Waals surface area contributed by atoms with Gasteiger partial charge in [-0.2, -0.15) is 0 Å². The molecule has 0 bridgehead atoms. The van der Waals surface area contributed by atoms with Crippen molar-refractivity contribution in [3.8, 4) is 0 Å². The molecule has 19 heavy (non-hydrogen) atoms. The molecule has 1 fully saturated rings. The van der Waals surface area contributed by atoms with Crippen molar-refractivity contribution in [3.63, 3.8) is 0 Å². The summed E-state index contributed by atoms with van der Waals surface area (Å²) >= 11 is 0. The molecule has 2 aromatic rings. The van der Waals surface area contributed by atoms with Gasteiger partial charge < -0.3 is 5.73 Å². The maximum Gasteiger partial charge on any atom is 0.0317 e. The summed E-state index contributed by atoms with van der Waals surface area (Å²) in [5.74, 6) is 0. The molecule has 3 rings (SSSR count). The molecule has 0 radical (unpaired) electrons. The SMILES string of the molecule is Nc1cccc(CN(Cc2ccccc2)C2CC2)c1. The number of nitrogen functional groups attached to an aromatic ring is 1. The molecule has 0 saturated heterocycles. The fourth-order valence-corrected chi connectivity index (χ4v) is 2.50. The van der Waals surface area contributed by atoms with E-state index in [2.05, 4.69) is 47.4 Å². The Labute approximate surface area is 114 Å². The van der Waals surface area contributed by atoms with Crippen LogP contribution in [-0.2, 0) is 13.1 Å². The minimum absolute atomic E-state index is 0.752. The lowest BCUT2D eigenvalue weighted by Crippen LogP contribution is -2.25. The van der Waals surface area contributed by atoms with Crippen molar-refractivity contribution >= 4 is 5.69 Å². The summed E-state index contributed by atoms with van der Waals surface area (Å²) < 4.78 is 0. The molecule has 1 saturated carbocycles. The zero-order chi connectivity index (χ0) is 13.1. The van der Waals surface area contributed by atoms with Gasteiger partial charge in [0.15, 0.2) is 0 Å². The Morgan fingerprint density at radius 3 is 2.26 bits per heavy atom. The Morgan fingerprint density at radius 1 is 0.895 bits per heavy atom. The molecule has 0 heterocycles. The number of rotatable bonds is 5. The molecule has 0 unspecified atom stereocenters. The van der Waals surface area contributed by atoms with Gasteiger partial charge in [-0.05, 0) is 36.1 Å². The topological polar surface area (TPSA) is 29.3 Å². The molecule has 1 aliphatic rings. The third-order valence-electron chi connectivity index (χ3n) is 3.63. The second kappa shape index (κ2) is 5.45. The van der Waals surface area contributed by atoms with Gasteiger partial charge in [-0.3, -0.25) is 4.90 Å². The Hall–Kier alpha value is -1.80. The average molecular weight is 252 g/mol. The molecule has 0 aliphatic heterocycles. The number of nitrogens with zero attached hydrogens (tertiary/aromatic N) is 1. The predicted octanol–water partition coefficient (Wildman–Crippen LogP) is 3.43. The molecule has 2 N–H and O–H groups in total. The molecule has 0 amide bonds. The number of nitrogens with two attached hydrogens (primary N) is 1. The van der Waals surface area contributed by atoms with Gasteiger partial charge in [0.05, 0.1) is 0 Å². The molecule has 2 nitrogen and oxygen atoms in total. The lowest BCUT2D eigenvalue weighted by molar-refractivity contribution is 0.246. The Balaban J connectivity index is 1.71. The summed E-state index contributed by atoms with van der Waals surface area (Å²) in [5.41, 5.74) is 9.41. The van der Waals surface area contributed by atoms with Crippen LogP contribution in [0.15, 0.2) is 54.6 Å². The number of anilines is 1. The van der Waals surface area contributed by atoms with E-state index in [1.807, 2.05) is 12.1 Å². The van der Waals surface area contributed by atoms with E-state index in [4.69, 9.17) is 5.73 Å². The quantitative estimate of drug-likeness (QED) is 0.826. The van der Waals surface area contributed by atoms with E-state index in [1.54, 1.807) is 0 Å². The summed E-state index contributed by atoms with van der Waals surface area (Å²) in [7, 11) is 0. The smallest absolute Gasteiger partial charge is 0.0317 e. The van der Waals surface area contributed by atoms with Gasteiger partial charge in [0.2, 0.25) is 0 Å². The molecular weight excluding hydrogens is 232 g/mol. The van der Waals surface area contributed by atoms with Crippen LogP contribution in [0.5, 0.6) is 0 Å². The van der Waals surface area contributed by atoms with Gasteiger partial charge >= 0.3 is 0 Å². The van der Waals surface area contributed by atoms with Crippen molar-refractivity contribution in [2.45, 2.75) is 32.0 Å². The van der Waals surface area contributed by atoms with Crippen molar-refractivity contribution < 1.29 is 0 Å². The van der Waals surface area contributed by atoms with Gasteiger partial charge in [0, 0.05) is 24.8 Å². The summed E-state index contributed by atoms with van der Waals surface area (Å²) in [5, 5.41) is 0. The average Bonchev–Trinajstić information content (AvgIpc) is 3.23. The summed E-state index contributed by atoms with van der Waals surface area (Å²) in [4.78, 5) is 2.56. The van der Waals surface area contributed by atoms with Crippen LogP contribution >= 0.6 is 0 Å². The minimum atomic E-state index is 0.752. The first-order valence-corrected chi connectivity index (χ1v) is 6.93. The zero-order valence-corrected chi connectivity index (χ0v) is 11.1. The number of hydrogen-bond acceptors (Lipinski definition) is 2. The van der Waals surface area contributed by atoms with E-state index in [9.17, 15) is 0 Å². The lowest BCUT2D eigenvalue weighted by atomic mass is 10.1. The maximum absolute atomic E-state index is 5.86. The largest absolute Gasteiger partial charge is 0.399 e. The van der Waals surface area contributed by atoms with E-state index < -0.39 is 0 Å². The number of benzene rings is 2. The highest BCUT2D eigenvalue weighted by molar-refractivity contribution is 5.40. The van der Waals surface area contributed by atoms with Crippen molar-refractivity contribution in [3.05, 3.63) is 65.7 Å². The molecule has 1 aliphatic carbocycles. The first kappa shape index (κ1) is 12.2. The van der Waals surface area contributed by atoms with E-state index in [0.29, 0.717) is 0 Å². The zero-order valence-electron chi connectivity index (χ0n) is 11.1. The fourth-order valence-electron chi connectivity index (χ4n) is 2.50. The van der Waals surface area contributed by atoms with Crippen molar-refractivity contribution in [2.24, 2.45) is 0 Å². The third-order valence-corrected chi connectivity index (χ3v) is 3.63. The van der Waals surface area contributed by atoms with Gasteiger partial charge in [0.25, 0.3) is 0 Å². The van der Waals surface area contributed by atoms with Crippen LogP contribution < -0.4 is 5.73 Å². The molecule has 0 spiro atoms. The predicted molar refractivity (Wildman–Crippen MR) is 79.6 cm³/mol. The monoisotopic (exact) mass is 252 g/mol. The summed E-state index contributed by atoms with van der Waals surface area (Å²) in [6.07, 6.45) is 2.66. The van der Waals surface area contributed by atoms with Crippen molar-refractivity contribution in [2.75, 3.05) is 5.73 Å². The molecule has 98 valence electrons. The lowest BCUT2D eigenvalue weighted by Gasteiger charge is -2.22. The standard InChI is InChI=1S/C17H20N2/c18-16-8-4-7-15(11-16)13-19(17-9-10-17)12-14-5-2-1-3-6-14/h1-8,11,17H,9-10,12-13,18H2. The van der Waals surface area contributed by atoms with Crippen LogP contribution in [0.25, 0.3) is 0 Å². The van der Waals surface area contributed by atoms with E-state index in [0.717, 1.165) is 24.8 Å². The highest BCUT2D eigenvalue weighted by atomic mass is 15.2. The molecule has 2 aromatic carbocycles. The second-order valence-electron chi connectivity index (χ2n) is 5.37. The fraction of sp³-hybridized carbons (Fsp3) is 0.294. The first-order valence-electron chi connectivity index (χ1n) is 6.93. The van der Waals surface area contributed by atoms with Crippen LogP contribution in [-0.4, -0.2) is 10.9 Å². The molecule has 0 atom stereocenters. The molecule has 0 aromatic heterocycles. The van der Waals surface area contributed by atoms with Crippen molar-refractivity contribution in [1.82, 2.24) is 4.90 Å². The molecule has 2 heteroatoms. The van der Waals surface area contributed by atoms with Crippen molar-refractivity contribution in [1.29, 1.82) is 0 Å². The van der Waals surface area contributed by atoms with Gasteiger partial charge in [0.1, 0.15) is 0 Å². The highest BCUT2D eigenvalue weighted by Gasteiger charge is 2.28. The highest BCUT2D eigenvalue weighted by Crippen LogP contribution is 2.30. The second-order valence-corrected chi connectivity index (χ2v) is 5.37. The summed E-state index contributed by atoms with van der Waals surface area (Å²) in [6.45, 7) is 2.02. The van der Waals surface area contributed by atoms with Crippen LogP contribution in [0.4, 0.5) is 5.69 Å². The first-order chi connectivity index (χ1) is 9.31. The van der Waals surface area contributed by atoms with Crippen LogP contribution in [0.2, 0.25) is 0 Å². The van der Waals surface area contributed by atoms with E-state index >= 15 is 0 Å². The number of hydrogen-bond donors (Lipinski definition) is 1. The minimum Gasteiger partial charge on any atom is -0.399 e. The van der Waals surface area contributed by atoms with Gasteiger partial charge in [-0.1, -0.05) is 42.5 Å². The Bertz CT molecular complexity index is 532. The third kappa shape index (κ3) is 3.36. The van der Waals surface area contributed by atoms with Gasteiger partial charge in [-0.25, -0.2) is 0 Å². The van der Waals surface area contributed by atoms with Crippen LogP contribution in [0.3, 0.4) is 0 Å². The normalized spacial score (nSPS) is 14.8. The Morgan fingerprint density at radius 2 is 1.58 bits per heavy atom. The van der Waals surface area contributed by atoms with Gasteiger partial charge in [-0.15, -0.1) is 0 Å². The molecular formula is C17H20N2.